The summed E-state index contributed by atoms with van der Waals surface area (Å²) in [6.07, 6.45) is -1.41. The Hall–Kier alpha value is -2.83. The lowest BCUT2D eigenvalue weighted by molar-refractivity contribution is 0.0971. The van der Waals surface area contributed by atoms with Crippen molar-refractivity contribution in [3.63, 3.8) is 0 Å². The molecule has 4 rings (SSSR count). The van der Waals surface area contributed by atoms with Crippen LogP contribution in [0, 0.1) is 0 Å². The van der Waals surface area contributed by atoms with Gasteiger partial charge in [0.1, 0.15) is 25.1 Å². The number of alkyl carbamates (subject to hydrolysis) is 1. The highest BCUT2D eigenvalue weighted by Crippen LogP contribution is 2.44. The van der Waals surface area contributed by atoms with Crippen LogP contribution < -0.4 is 10.1 Å². The molecule has 0 heterocycles. The Kier molecular flexibility index (Phi) is 6.35. The van der Waals surface area contributed by atoms with E-state index in [1.165, 1.54) is 11.1 Å². The SMILES string of the molecule is O=C(NCC(O)COc1ccccc1Br)OCC1c2ccccc2-c2ccccc21. The van der Waals surface area contributed by atoms with Gasteiger partial charge < -0.3 is 19.9 Å². The summed E-state index contributed by atoms with van der Waals surface area (Å²) < 4.78 is 11.8. The molecule has 3 aromatic carbocycles. The minimum atomic E-state index is -0.849. The van der Waals surface area contributed by atoms with E-state index in [1.807, 2.05) is 42.5 Å². The van der Waals surface area contributed by atoms with Gasteiger partial charge in [-0.3, -0.25) is 0 Å². The van der Waals surface area contributed by atoms with Crippen LogP contribution in [0.3, 0.4) is 0 Å². The van der Waals surface area contributed by atoms with Gasteiger partial charge in [-0.2, -0.15) is 0 Å². The molecule has 3 aromatic rings. The van der Waals surface area contributed by atoms with E-state index in [4.69, 9.17) is 9.47 Å². The number of carbonyl (C=O) groups is 1. The minimum Gasteiger partial charge on any atom is -0.490 e. The number of carbonyl (C=O) groups excluding carboxylic acids is 1. The summed E-state index contributed by atoms with van der Waals surface area (Å²) >= 11 is 3.39. The number of rotatable bonds is 7. The second-order valence-corrected chi connectivity index (χ2v) is 7.96. The van der Waals surface area contributed by atoms with Crippen molar-refractivity contribution in [3.8, 4) is 16.9 Å². The molecule has 6 heteroatoms. The van der Waals surface area contributed by atoms with Crippen LogP contribution in [0.5, 0.6) is 5.75 Å². The van der Waals surface area contributed by atoms with Crippen molar-refractivity contribution >= 4 is 22.0 Å². The fourth-order valence-electron chi connectivity index (χ4n) is 3.66. The molecule has 1 amide bonds. The van der Waals surface area contributed by atoms with Crippen LogP contribution in [-0.2, 0) is 4.74 Å². The van der Waals surface area contributed by atoms with Crippen molar-refractivity contribution in [2.24, 2.45) is 0 Å². The van der Waals surface area contributed by atoms with Crippen molar-refractivity contribution in [2.45, 2.75) is 12.0 Å². The average molecular weight is 468 g/mol. The van der Waals surface area contributed by atoms with E-state index >= 15 is 0 Å². The molecule has 0 aliphatic heterocycles. The lowest BCUT2D eigenvalue weighted by Gasteiger charge is -2.16. The zero-order chi connectivity index (χ0) is 20.9. The van der Waals surface area contributed by atoms with Gasteiger partial charge in [0.2, 0.25) is 0 Å². The number of hydrogen-bond acceptors (Lipinski definition) is 4. The zero-order valence-electron chi connectivity index (χ0n) is 16.3. The second kappa shape index (κ2) is 9.32. The maximum atomic E-state index is 12.2. The van der Waals surface area contributed by atoms with Crippen molar-refractivity contribution in [1.29, 1.82) is 0 Å². The number of para-hydroxylation sites is 1. The molecule has 2 N–H and O–H groups in total. The molecule has 1 unspecified atom stereocenters. The van der Waals surface area contributed by atoms with Crippen molar-refractivity contribution in [3.05, 3.63) is 88.4 Å². The van der Waals surface area contributed by atoms with E-state index in [9.17, 15) is 9.90 Å². The lowest BCUT2D eigenvalue weighted by atomic mass is 9.98. The van der Waals surface area contributed by atoms with Crippen LogP contribution in [0.25, 0.3) is 11.1 Å². The molecule has 0 radical (unpaired) electrons. The number of hydrogen-bond donors (Lipinski definition) is 2. The molecule has 5 nitrogen and oxygen atoms in total. The van der Waals surface area contributed by atoms with Gasteiger partial charge in [-0.25, -0.2) is 4.79 Å². The molecule has 154 valence electrons. The second-order valence-electron chi connectivity index (χ2n) is 7.10. The van der Waals surface area contributed by atoms with Crippen LogP contribution in [0.1, 0.15) is 17.0 Å². The average Bonchev–Trinajstić information content (AvgIpc) is 3.09. The van der Waals surface area contributed by atoms with Gasteiger partial charge in [0, 0.05) is 5.92 Å². The number of ether oxygens (including phenoxy) is 2. The van der Waals surface area contributed by atoms with Gasteiger partial charge in [-0.05, 0) is 50.3 Å². The maximum absolute atomic E-state index is 12.2. The number of amides is 1. The highest BCUT2D eigenvalue weighted by atomic mass is 79.9. The lowest BCUT2D eigenvalue weighted by Crippen LogP contribution is -2.36. The van der Waals surface area contributed by atoms with E-state index < -0.39 is 12.2 Å². The number of nitrogens with one attached hydrogen (secondary N) is 1. The topological polar surface area (TPSA) is 67.8 Å². The first-order valence-corrected chi connectivity index (χ1v) is 10.6. The molecular formula is C24H22BrNO4. The summed E-state index contributed by atoms with van der Waals surface area (Å²) in [4.78, 5) is 12.2. The van der Waals surface area contributed by atoms with Crippen LogP contribution >= 0.6 is 15.9 Å². The number of fused-ring (bicyclic) bond motifs is 3. The minimum absolute atomic E-state index is 0.00633. The summed E-state index contributed by atoms with van der Waals surface area (Å²) in [7, 11) is 0. The Morgan fingerprint density at radius 3 is 2.23 bits per heavy atom. The number of benzene rings is 3. The summed E-state index contributed by atoms with van der Waals surface area (Å²) in [5.41, 5.74) is 4.69. The highest BCUT2D eigenvalue weighted by Gasteiger charge is 2.29. The first-order chi connectivity index (χ1) is 14.6. The summed E-state index contributed by atoms with van der Waals surface area (Å²) in [5.74, 6) is 0.643. The van der Waals surface area contributed by atoms with Crippen LogP contribution in [0.2, 0.25) is 0 Å². The molecule has 0 fully saturated rings. The molecule has 0 spiro atoms. The Labute approximate surface area is 183 Å². The largest absolute Gasteiger partial charge is 0.490 e. The summed E-state index contributed by atoms with van der Waals surface area (Å²) in [5, 5.41) is 12.7. The molecule has 0 bridgehead atoms. The Morgan fingerprint density at radius 2 is 1.57 bits per heavy atom. The number of aliphatic hydroxyl groups is 1. The summed E-state index contributed by atoms with van der Waals surface area (Å²) in [6.45, 7) is 0.344. The quantitative estimate of drug-likeness (QED) is 0.527. The summed E-state index contributed by atoms with van der Waals surface area (Å²) in [6, 6.07) is 23.8. The molecule has 1 aliphatic carbocycles. The molecule has 30 heavy (non-hydrogen) atoms. The Bertz CT molecular complexity index is 993. The van der Waals surface area contributed by atoms with Gasteiger partial charge >= 0.3 is 6.09 Å². The van der Waals surface area contributed by atoms with Gasteiger partial charge in [-0.1, -0.05) is 60.7 Å². The van der Waals surface area contributed by atoms with Crippen LogP contribution in [0.15, 0.2) is 77.3 Å². The molecule has 0 aromatic heterocycles. The van der Waals surface area contributed by atoms with E-state index in [1.54, 1.807) is 6.07 Å². The van der Waals surface area contributed by atoms with Gasteiger partial charge in [0.05, 0.1) is 11.0 Å². The highest BCUT2D eigenvalue weighted by molar-refractivity contribution is 9.10. The van der Waals surface area contributed by atoms with E-state index in [0.29, 0.717) is 5.75 Å². The number of aliphatic hydroxyl groups excluding tert-OH is 1. The third-order valence-electron chi connectivity index (χ3n) is 5.09. The molecular weight excluding hydrogens is 446 g/mol. The van der Waals surface area contributed by atoms with E-state index in [2.05, 4.69) is 45.5 Å². The van der Waals surface area contributed by atoms with Gasteiger partial charge in [0.25, 0.3) is 0 Å². The first kappa shape index (κ1) is 20.4. The first-order valence-electron chi connectivity index (χ1n) is 9.77. The van der Waals surface area contributed by atoms with Crippen molar-refractivity contribution < 1.29 is 19.4 Å². The smallest absolute Gasteiger partial charge is 0.407 e. The van der Waals surface area contributed by atoms with Gasteiger partial charge in [-0.15, -0.1) is 0 Å². The predicted octanol–water partition coefficient (Wildman–Crippen LogP) is 4.73. The maximum Gasteiger partial charge on any atom is 0.407 e. The molecule has 1 aliphatic rings. The number of halogens is 1. The molecule has 0 saturated heterocycles. The standard InChI is InChI=1S/C24H22BrNO4/c25-22-11-5-6-12-23(22)29-14-16(27)13-26-24(28)30-15-21-19-9-3-1-7-17(19)18-8-2-4-10-20(18)21/h1-12,16,21,27H,13-15H2,(H,26,28). The van der Waals surface area contributed by atoms with Crippen LogP contribution in [-0.4, -0.2) is 37.1 Å². The molecule has 0 saturated carbocycles. The molecule has 1 atom stereocenters. The third-order valence-corrected chi connectivity index (χ3v) is 5.75. The van der Waals surface area contributed by atoms with E-state index in [-0.39, 0.29) is 25.7 Å². The van der Waals surface area contributed by atoms with Crippen molar-refractivity contribution in [1.82, 2.24) is 5.32 Å². The zero-order valence-corrected chi connectivity index (χ0v) is 17.8. The van der Waals surface area contributed by atoms with E-state index in [0.717, 1.165) is 15.6 Å². The third kappa shape index (κ3) is 4.50. The Balaban J connectivity index is 1.28. The normalized spacial score (nSPS) is 13.3. The fraction of sp³-hybridized carbons (Fsp3) is 0.208. The van der Waals surface area contributed by atoms with Crippen LogP contribution in [0.4, 0.5) is 4.79 Å². The monoisotopic (exact) mass is 467 g/mol. The van der Waals surface area contributed by atoms with Gasteiger partial charge in [0.15, 0.2) is 0 Å². The van der Waals surface area contributed by atoms with Crippen molar-refractivity contribution in [2.75, 3.05) is 19.8 Å². The Morgan fingerprint density at radius 1 is 0.967 bits per heavy atom. The fourth-order valence-corrected chi connectivity index (χ4v) is 4.06. The predicted molar refractivity (Wildman–Crippen MR) is 119 cm³/mol.